The Labute approximate surface area is 193 Å². The van der Waals surface area contributed by atoms with Crippen molar-refractivity contribution in [2.75, 3.05) is 11.9 Å². The molecule has 164 valence electrons. The van der Waals surface area contributed by atoms with E-state index in [2.05, 4.69) is 16.2 Å². The minimum absolute atomic E-state index is 0.0395. The number of amides is 3. The van der Waals surface area contributed by atoms with Gasteiger partial charge in [-0.1, -0.05) is 46.9 Å². The number of hydrogen-bond acceptors (Lipinski definition) is 5. The molecule has 31 heavy (non-hydrogen) atoms. The molecule has 0 atom stereocenters. The van der Waals surface area contributed by atoms with E-state index in [9.17, 15) is 19.2 Å². The van der Waals surface area contributed by atoms with Crippen molar-refractivity contribution in [2.45, 2.75) is 19.3 Å². The van der Waals surface area contributed by atoms with Crippen molar-refractivity contribution in [3.63, 3.8) is 0 Å². The number of ether oxygens (including phenoxy) is 1. The fraction of sp³-hybridized carbons (Fsp3) is 0.200. The van der Waals surface area contributed by atoms with Crippen LogP contribution in [0.2, 0.25) is 15.1 Å². The highest BCUT2D eigenvalue weighted by atomic mass is 35.5. The van der Waals surface area contributed by atoms with E-state index in [1.54, 1.807) is 24.3 Å². The molecule has 0 heterocycles. The molecule has 2 rings (SSSR count). The molecule has 0 saturated carbocycles. The van der Waals surface area contributed by atoms with Gasteiger partial charge in [0.2, 0.25) is 5.91 Å². The summed E-state index contributed by atoms with van der Waals surface area (Å²) in [6, 6.07) is 10.9. The van der Waals surface area contributed by atoms with Crippen LogP contribution in [0.1, 0.15) is 29.6 Å². The Morgan fingerprint density at radius 3 is 2.32 bits per heavy atom. The van der Waals surface area contributed by atoms with E-state index in [4.69, 9.17) is 39.5 Å². The van der Waals surface area contributed by atoms with Crippen LogP contribution in [0.15, 0.2) is 42.5 Å². The minimum Gasteiger partial charge on any atom is -0.456 e. The zero-order valence-electron chi connectivity index (χ0n) is 16.0. The lowest BCUT2D eigenvalue weighted by molar-refractivity contribution is -0.147. The number of hydrazine groups is 1. The first-order valence-corrected chi connectivity index (χ1v) is 10.1. The van der Waals surface area contributed by atoms with E-state index in [1.165, 1.54) is 18.2 Å². The smallest absolute Gasteiger partial charge is 0.306 e. The average Bonchev–Trinajstić information content (AvgIpc) is 2.73. The minimum atomic E-state index is -0.653. The van der Waals surface area contributed by atoms with Gasteiger partial charge >= 0.3 is 5.97 Å². The van der Waals surface area contributed by atoms with Crippen LogP contribution in [-0.4, -0.2) is 30.3 Å². The van der Waals surface area contributed by atoms with Crippen LogP contribution < -0.4 is 16.2 Å². The molecule has 11 heteroatoms. The summed E-state index contributed by atoms with van der Waals surface area (Å²) in [5.41, 5.74) is 4.98. The molecule has 2 aromatic carbocycles. The van der Waals surface area contributed by atoms with Gasteiger partial charge in [0, 0.05) is 17.9 Å². The lowest BCUT2D eigenvalue weighted by Gasteiger charge is -2.09. The molecular formula is C20H18Cl3N3O5. The molecule has 0 bridgehead atoms. The fourth-order valence-electron chi connectivity index (χ4n) is 2.29. The predicted octanol–water partition coefficient (Wildman–Crippen LogP) is 3.76. The summed E-state index contributed by atoms with van der Waals surface area (Å²) < 4.78 is 4.85. The average molecular weight is 487 g/mol. The number of anilines is 1. The highest BCUT2D eigenvalue weighted by molar-refractivity contribution is 6.35. The van der Waals surface area contributed by atoms with Gasteiger partial charge in [0.25, 0.3) is 11.8 Å². The summed E-state index contributed by atoms with van der Waals surface area (Å²) in [7, 11) is 0. The number of hydrogen-bond donors (Lipinski definition) is 3. The second-order valence-corrected chi connectivity index (χ2v) is 7.42. The van der Waals surface area contributed by atoms with Gasteiger partial charge in [-0.15, -0.1) is 0 Å². The van der Waals surface area contributed by atoms with E-state index in [0.717, 1.165) is 0 Å². The normalized spacial score (nSPS) is 10.2. The molecule has 3 N–H and O–H groups in total. The molecule has 0 fully saturated rings. The number of nitrogens with one attached hydrogen (secondary N) is 3. The molecule has 0 aliphatic carbocycles. The first-order valence-electron chi connectivity index (χ1n) is 9.00. The topological polar surface area (TPSA) is 114 Å². The Morgan fingerprint density at radius 2 is 1.58 bits per heavy atom. The van der Waals surface area contributed by atoms with Crippen LogP contribution in [0.3, 0.4) is 0 Å². The summed E-state index contributed by atoms with van der Waals surface area (Å²) in [5, 5.41) is 3.40. The Bertz CT molecular complexity index is 984. The lowest BCUT2D eigenvalue weighted by Crippen LogP contribution is -2.41. The number of carbonyl (C=O) groups is 4. The van der Waals surface area contributed by atoms with Crippen LogP contribution in [0, 0.1) is 0 Å². The molecule has 0 aliphatic rings. The Balaban J connectivity index is 1.63. The monoisotopic (exact) mass is 485 g/mol. The molecule has 3 amide bonds. The third-order valence-corrected chi connectivity index (χ3v) is 4.68. The van der Waals surface area contributed by atoms with Crippen molar-refractivity contribution < 1.29 is 23.9 Å². The van der Waals surface area contributed by atoms with Gasteiger partial charge in [0.05, 0.1) is 21.3 Å². The van der Waals surface area contributed by atoms with Crippen LogP contribution in [0.25, 0.3) is 0 Å². The van der Waals surface area contributed by atoms with Crippen LogP contribution >= 0.6 is 34.8 Å². The molecule has 0 unspecified atom stereocenters. The standard InChI is InChI=1S/C20H18Cl3N3O5/c21-12-8-9-15(23)16(10-12)24-18(28)11-31-19(29)7-3-6-17(27)25-26-20(30)13-4-1-2-5-14(13)22/h1-2,4-5,8-10H,3,6-7,11H2,(H,24,28)(H,25,27)(H,26,30). The highest BCUT2D eigenvalue weighted by Gasteiger charge is 2.13. The van der Waals surface area contributed by atoms with Gasteiger partial charge in [-0.2, -0.15) is 0 Å². The van der Waals surface area contributed by atoms with Crippen LogP contribution in [0.4, 0.5) is 5.69 Å². The van der Waals surface area contributed by atoms with Gasteiger partial charge in [-0.05, 0) is 36.8 Å². The van der Waals surface area contributed by atoms with Crippen molar-refractivity contribution in [3.8, 4) is 0 Å². The summed E-state index contributed by atoms with van der Waals surface area (Å²) in [4.78, 5) is 47.3. The maximum atomic E-state index is 11.9. The van der Waals surface area contributed by atoms with Gasteiger partial charge < -0.3 is 10.1 Å². The first-order chi connectivity index (χ1) is 14.8. The number of esters is 1. The molecule has 0 aromatic heterocycles. The lowest BCUT2D eigenvalue weighted by atomic mass is 10.2. The molecule has 0 aliphatic heterocycles. The number of halogens is 3. The third kappa shape index (κ3) is 8.45. The third-order valence-electron chi connectivity index (χ3n) is 3.79. The summed E-state index contributed by atoms with van der Waals surface area (Å²) in [5.74, 6) is -2.30. The zero-order valence-corrected chi connectivity index (χ0v) is 18.3. The van der Waals surface area contributed by atoms with E-state index >= 15 is 0 Å². The second-order valence-electron chi connectivity index (χ2n) is 6.17. The van der Waals surface area contributed by atoms with E-state index in [0.29, 0.717) is 10.7 Å². The number of benzene rings is 2. The Morgan fingerprint density at radius 1 is 0.839 bits per heavy atom. The van der Waals surface area contributed by atoms with Gasteiger partial charge in [0.15, 0.2) is 6.61 Å². The maximum absolute atomic E-state index is 11.9. The summed E-state index contributed by atoms with van der Waals surface area (Å²) >= 11 is 17.7. The molecule has 0 saturated heterocycles. The van der Waals surface area contributed by atoms with E-state index in [-0.39, 0.29) is 34.9 Å². The quantitative estimate of drug-likeness (QED) is 0.388. The largest absolute Gasteiger partial charge is 0.456 e. The Kier molecular flexibility index (Phi) is 9.58. The van der Waals surface area contributed by atoms with Crippen molar-refractivity contribution in [3.05, 3.63) is 63.1 Å². The summed E-state index contributed by atoms with van der Waals surface area (Å²) in [6.45, 7) is -0.512. The number of carbonyl (C=O) groups excluding carboxylic acids is 4. The van der Waals surface area contributed by atoms with E-state index in [1.807, 2.05) is 0 Å². The molecular weight excluding hydrogens is 469 g/mol. The van der Waals surface area contributed by atoms with Crippen molar-refractivity contribution in [1.82, 2.24) is 10.9 Å². The maximum Gasteiger partial charge on any atom is 0.306 e. The van der Waals surface area contributed by atoms with Crippen molar-refractivity contribution >= 4 is 64.2 Å². The number of rotatable bonds is 8. The van der Waals surface area contributed by atoms with Gasteiger partial charge in [-0.3, -0.25) is 30.0 Å². The molecule has 8 nitrogen and oxygen atoms in total. The molecule has 0 spiro atoms. The van der Waals surface area contributed by atoms with Gasteiger partial charge in [0.1, 0.15) is 0 Å². The molecule has 0 radical (unpaired) electrons. The van der Waals surface area contributed by atoms with E-state index < -0.39 is 30.3 Å². The van der Waals surface area contributed by atoms with Crippen LogP contribution in [-0.2, 0) is 19.1 Å². The van der Waals surface area contributed by atoms with Crippen LogP contribution in [0.5, 0.6) is 0 Å². The fourth-order valence-corrected chi connectivity index (χ4v) is 2.85. The first kappa shape index (κ1) is 24.5. The SMILES string of the molecule is O=C(CCCC(=O)OCC(=O)Nc1cc(Cl)ccc1Cl)NNC(=O)c1ccccc1Cl. The highest BCUT2D eigenvalue weighted by Crippen LogP contribution is 2.25. The predicted molar refractivity (Wildman–Crippen MR) is 117 cm³/mol. The Hall–Kier alpha value is -2.81. The zero-order chi connectivity index (χ0) is 22.8. The second kappa shape index (κ2) is 12.1. The summed E-state index contributed by atoms with van der Waals surface area (Å²) in [6.07, 6.45) is 0.0354. The molecule has 2 aromatic rings. The van der Waals surface area contributed by atoms with Crippen molar-refractivity contribution in [2.24, 2.45) is 0 Å². The van der Waals surface area contributed by atoms with Gasteiger partial charge in [-0.25, -0.2) is 0 Å². The van der Waals surface area contributed by atoms with Crippen molar-refractivity contribution in [1.29, 1.82) is 0 Å².